The molecule has 0 amide bonds. The van der Waals surface area contributed by atoms with E-state index in [1.165, 1.54) is 22.3 Å². The summed E-state index contributed by atoms with van der Waals surface area (Å²) in [5, 5.41) is 4.48. The maximum Gasteiger partial charge on any atom is 0.131 e. The number of fused-ring (bicyclic) bond motifs is 2. The quantitative estimate of drug-likeness (QED) is 0.133. The van der Waals surface area contributed by atoms with E-state index in [1.807, 2.05) is 24.3 Å². The van der Waals surface area contributed by atoms with E-state index in [-0.39, 0.29) is 11.6 Å². The summed E-state index contributed by atoms with van der Waals surface area (Å²) in [6.07, 6.45) is 8.11. The van der Waals surface area contributed by atoms with Crippen LogP contribution in [0.3, 0.4) is 0 Å². The average molecular weight is 583 g/mol. The lowest BCUT2D eigenvalue weighted by Crippen LogP contribution is -2.03. The van der Waals surface area contributed by atoms with E-state index in [0.29, 0.717) is 11.1 Å². The summed E-state index contributed by atoms with van der Waals surface area (Å²) in [7, 11) is 0. The molecule has 0 spiro atoms. The standard InChI is InChI=1S/C42H40F2/c1-3-5-7-23-35-37(33-21-13-15-25-39(33)43)27-29-17-9-11-19-31(29)41(35)42-32-20-12-10-18-30(32)28-38(36(42)24-8-6-4-2)34-22-14-16-26-40(34)44/h9-22,25-28H,3-8,23-24H2,1-2H3. The Kier molecular flexibility index (Phi) is 9.17. The molecule has 0 aliphatic heterocycles. The number of hydrogen-bond donors (Lipinski definition) is 0. The molecule has 6 aromatic rings. The predicted molar refractivity (Wildman–Crippen MR) is 184 cm³/mol. The summed E-state index contributed by atoms with van der Waals surface area (Å²) in [6, 6.07) is 35.7. The molecule has 0 unspecified atom stereocenters. The first-order chi connectivity index (χ1) is 21.6. The van der Waals surface area contributed by atoms with Gasteiger partial charge in [-0.25, -0.2) is 8.78 Å². The molecule has 222 valence electrons. The Balaban J connectivity index is 1.80. The molecular weight excluding hydrogens is 542 g/mol. The van der Waals surface area contributed by atoms with Crippen LogP contribution in [0.4, 0.5) is 8.78 Å². The van der Waals surface area contributed by atoms with Crippen LogP contribution in [0.15, 0.2) is 109 Å². The van der Waals surface area contributed by atoms with Crippen molar-refractivity contribution < 1.29 is 8.78 Å². The maximum atomic E-state index is 15.6. The van der Waals surface area contributed by atoms with E-state index in [0.717, 1.165) is 84.0 Å². The molecular formula is C42H40F2. The molecule has 0 aliphatic carbocycles. The molecule has 0 aromatic heterocycles. The lowest BCUT2D eigenvalue weighted by molar-refractivity contribution is 0.630. The van der Waals surface area contributed by atoms with Crippen LogP contribution in [0, 0.1) is 11.6 Å². The van der Waals surface area contributed by atoms with Gasteiger partial charge in [-0.1, -0.05) is 124 Å². The van der Waals surface area contributed by atoms with Crippen molar-refractivity contribution >= 4 is 21.5 Å². The Labute approximate surface area is 260 Å². The number of halogens is 2. The first-order valence-electron chi connectivity index (χ1n) is 16.2. The fourth-order valence-corrected chi connectivity index (χ4v) is 6.81. The highest BCUT2D eigenvalue weighted by molar-refractivity contribution is 6.11. The van der Waals surface area contributed by atoms with Crippen molar-refractivity contribution in [2.45, 2.75) is 65.2 Å². The Bertz CT molecular complexity index is 1780. The highest BCUT2D eigenvalue weighted by Gasteiger charge is 2.24. The van der Waals surface area contributed by atoms with Gasteiger partial charge in [-0.15, -0.1) is 0 Å². The van der Waals surface area contributed by atoms with Crippen LogP contribution in [-0.2, 0) is 12.8 Å². The van der Waals surface area contributed by atoms with Crippen molar-refractivity contribution in [3.05, 3.63) is 132 Å². The van der Waals surface area contributed by atoms with E-state index in [1.54, 1.807) is 24.3 Å². The second-order valence-electron chi connectivity index (χ2n) is 11.9. The summed E-state index contributed by atoms with van der Waals surface area (Å²) in [4.78, 5) is 0. The van der Waals surface area contributed by atoms with Gasteiger partial charge in [-0.05, 0) is 105 Å². The van der Waals surface area contributed by atoms with Crippen molar-refractivity contribution in [3.63, 3.8) is 0 Å². The number of unbranched alkanes of at least 4 members (excludes halogenated alkanes) is 4. The van der Waals surface area contributed by atoms with Crippen LogP contribution < -0.4 is 0 Å². The third-order valence-electron chi connectivity index (χ3n) is 8.95. The zero-order valence-corrected chi connectivity index (χ0v) is 25.8. The van der Waals surface area contributed by atoms with E-state index < -0.39 is 0 Å². The topological polar surface area (TPSA) is 0 Å². The minimum absolute atomic E-state index is 0.210. The van der Waals surface area contributed by atoms with E-state index in [4.69, 9.17) is 0 Å². The van der Waals surface area contributed by atoms with Gasteiger partial charge in [0, 0.05) is 11.1 Å². The van der Waals surface area contributed by atoms with Gasteiger partial charge in [-0.2, -0.15) is 0 Å². The second kappa shape index (κ2) is 13.6. The van der Waals surface area contributed by atoms with Gasteiger partial charge in [-0.3, -0.25) is 0 Å². The maximum absolute atomic E-state index is 15.6. The first kappa shape index (κ1) is 29.8. The molecule has 6 aromatic carbocycles. The molecule has 0 nitrogen and oxygen atoms in total. The highest BCUT2D eigenvalue weighted by Crippen LogP contribution is 2.47. The van der Waals surface area contributed by atoms with Gasteiger partial charge in [0.25, 0.3) is 0 Å². The summed E-state index contributed by atoms with van der Waals surface area (Å²) < 4.78 is 31.2. The Morgan fingerprint density at radius 1 is 0.432 bits per heavy atom. The van der Waals surface area contributed by atoms with Crippen molar-refractivity contribution in [2.24, 2.45) is 0 Å². The SMILES string of the molecule is CCCCCc1c(-c2ccccc2F)cc2ccccc2c1-c1c(CCCCC)c(-c2ccccc2F)cc2ccccc12. The molecule has 44 heavy (non-hydrogen) atoms. The van der Waals surface area contributed by atoms with Crippen LogP contribution in [-0.4, -0.2) is 0 Å². The van der Waals surface area contributed by atoms with E-state index >= 15 is 8.78 Å². The van der Waals surface area contributed by atoms with E-state index in [2.05, 4.69) is 74.5 Å². The molecule has 6 rings (SSSR count). The van der Waals surface area contributed by atoms with Gasteiger partial charge in [0.2, 0.25) is 0 Å². The largest absolute Gasteiger partial charge is 0.206 e. The zero-order valence-electron chi connectivity index (χ0n) is 25.8. The monoisotopic (exact) mass is 582 g/mol. The third kappa shape index (κ3) is 5.78. The fraction of sp³-hybridized carbons (Fsp3) is 0.238. The number of benzene rings is 6. The molecule has 0 N–H and O–H groups in total. The normalized spacial score (nSPS) is 11.5. The Morgan fingerprint density at radius 3 is 1.23 bits per heavy atom. The van der Waals surface area contributed by atoms with Gasteiger partial charge in [0.05, 0.1) is 0 Å². The fourth-order valence-electron chi connectivity index (χ4n) is 6.81. The van der Waals surface area contributed by atoms with Crippen LogP contribution in [0.1, 0.15) is 63.5 Å². The third-order valence-corrected chi connectivity index (χ3v) is 8.95. The minimum Gasteiger partial charge on any atom is -0.206 e. The molecule has 0 saturated carbocycles. The first-order valence-corrected chi connectivity index (χ1v) is 16.2. The van der Waals surface area contributed by atoms with Crippen molar-refractivity contribution in [3.8, 4) is 33.4 Å². The number of hydrogen-bond acceptors (Lipinski definition) is 0. The molecule has 0 heterocycles. The van der Waals surface area contributed by atoms with Crippen molar-refractivity contribution in [1.82, 2.24) is 0 Å². The summed E-state index contributed by atoms with van der Waals surface area (Å²) in [5.74, 6) is -0.419. The molecule has 0 atom stereocenters. The lowest BCUT2D eigenvalue weighted by Gasteiger charge is -2.25. The van der Waals surface area contributed by atoms with E-state index in [9.17, 15) is 0 Å². The predicted octanol–water partition coefficient (Wildman–Crippen LogP) is 12.7. The molecule has 0 fully saturated rings. The molecule has 0 bridgehead atoms. The van der Waals surface area contributed by atoms with Gasteiger partial charge >= 0.3 is 0 Å². The van der Waals surface area contributed by atoms with Gasteiger partial charge < -0.3 is 0 Å². The van der Waals surface area contributed by atoms with Crippen LogP contribution in [0.5, 0.6) is 0 Å². The Morgan fingerprint density at radius 2 is 0.818 bits per heavy atom. The summed E-state index contributed by atoms with van der Waals surface area (Å²) >= 11 is 0. The van der Waals surface area contributed by atoms with Crippen LogP contribution in [0.25, 0.3) is 54.9 Å². The average Bonchev–Trinajstić information content (AvgIpc) is 3.05. The smallest absolute Gasteiger partial charge is 0.131 e. The van der Waals surface area contributed by atoms with Crippen LogP contribution in [0.2, 0.25) is 0 Å². The van der Waals surface area contributed by atoms with Gasteiger partial charge in [0.1, 0.15) is 11.6 Å². The van der Waals surface area contributed by atoms with Crippen molar-refractivity contribution in [1.29, 1.82) is 0 Å². The molecule has 0 radical (unpaired) electrons. The number of rotatable bonds is 11. The zero-order chi connectivity index (χ0) is 30.5. The minimum atomic E-state index is -0.210. The van der Waals surface area contributed by atoms with Crippen molar-refractivity contribution in [2.75, 3.05) is 0 Å². The van der Waals surface area contributed by atoms with Gasteiger partial charge in [0.15, 0.2) is 0 Å². The summed E-state index contributed by atoms with van der Waals surface area (Å²) in [6.45, 7) is 4.44. The molecule has 2 heteroatoms. The summed E-state index contributed by atoms with van der Waals surface area (Å²) in [5.41, 5.74) is 7.85. The highest BCUT2D eigenvalue weighted by atomic mass is 19.1. The lowest BCUT2D eigenvalue weighted by atomic mass is 9.79. The molecule has 0 aliphatic rings. The Hall–Kier alpha value is -4.30. The van der Waals surface area contributed by atoms with Crippen LogP contribution >= 0.6 is 0 Å². The molecule has 0 saturated heterocycles. The second-order valence-corrected chi connectivity index (χ2v) is 11.9.